The van der Waals surface area contributed by atoms with E-state index in [1.165, 1.54) is 17.3 Å². The van der Waals surface area contributed by atoms with Gasteiger partial charge in [-0.25, -0.2) is 0 Å². The van der Waals surface area contributed by atoms with Gasteiger partial charge in [0.1, 0.15) is 0 Å². The zero-order valence-corrected chi connectivity index (χ0v) is 17.7. The van der Waals surface area contributed by atoms with Gasteiger partial charge in [-0.3, -0.25) is 9.36 Å². The van der Waals surface area contributed by atoms with Crippen LogP contribution in [0.3, 0.4) is 0 Å². The van der Waals surface area contributed by atoms with Crippen LogP contribution in [-0.2, 0) is 4.79 Å². The van der Waals surface area contributed by atoms with Gasteiger partial charge in [0.2, 0.25) is 5.91 Å². The van der Waals surface area contributed by atoms with Gasteiger partial charge in [-0.05, 0) is 37.6 Å². The third kappa shape index (κ3) is 4.44. The summed E-state index contributed by atoms with van der Waals surface area (Å²) in [5.74, 6) is 0.921. The molecule has 0 atom stereocenters. The van der Waals surface area contributed by atoms with Crippen LogP contribution in [0.4, 0.5) is 5.69 Å². The number of anilines is 1. The summed E-state index contributed by atoms with van der Waals surface area (Å²) in [6.07, 6.45) is 0. The Morgan fingerprint density at radius 1 is 0.900 bits per heavy atom. The highest BCUT2D eigenvalue weighted by molar-refractivity contribution is 7.99. The molecule has 0 aliphatic heterocycles. The summed E-state index contributed by atoms with van der Waals surface area (Å²) in [6.45, 7) is 4.03. The summed E-state index contributed by atoms with van der Waals surface area (Å²) >= 11 is 1.37. The maximum Gasteiger partial charge on any atom is 0.234 e. The monoisotopic (exact) mass is 414 g/mol. The number of nitrogens with one attached hydrogen (secondary N) is 1. The van der Waals surface area contributed by atoms with E-state index in [2.05, 4.69) is 34.6 Å². The van der Waals surface area contributed by atoms with Crippen LogP contribution in [0, 0.1) is 13.8 Å². The topological polar surface area (TPSA) is 59.8 Å². The molecular formula is C24H22N4OS. The van der Waals surface area contributed by atoms with Crippen molar-refractivity contribution in [1.29, 1.82) is 0 Å². The van der Waals surface area contributed by atoms with Crippen molar-refractivity contribution < 1.29 is 4.79 Å². The number of aromatic nitrogens is 3. The molecule has 30 heavy (non-hydrogen) atoms. The van der Waals surface area contributed by atoms with E-state index in [4.69, 9.17) is 0 Å². The first kappa shape index (κ1) is 19.9. The van der Waals surface area contributed by atoms with Gasteiger partial charge in [0, 0.05) is 16.9 Å². The maximum atomic E-state index is 12.5. The fourth-order valence-corrected chi connectivity index (χ4v) is 3.84. The molecule has 0 aliphatic carbocycles. The van der Waals surface area contributed by atoms with Crippen molar-refractivity contribution in [3.8, 4) is 17.1 Å². The Balaban J connectivity index is 1.59. The Morgan fingerprint density at radius 3 is 2.33 bits per heavy atom. The Kier molecular flexibility index (Phi) is 5.95. The smallest absolute Gasteiger partial charge is 0.234 e. The van der Waals surface area contributed by atoms with Crippen molar-refractivity contribution in [2.75, 3.05) is 11.1 Å². The average molecular weight is 415 g/mol. The van der Waals surface area contributed by atoms with E-state index >= 15 is 0 Å². The molecular weight excluding hydrogens is 392 g/mol. The number of hydrogen-bond acceptors (Lipinski definition) is 4. The molecule has 0 saturated carbocycles. The van der Waals surface area contributed by atoms with Crippen molar-refractivity contribution in [1.82, 2.24) is 14.8 Å². The van der Waals surface area contributed by atoms with Crippen LogP contribution in [-0.4, -0.2) is 26.4 Å². The summed E-state index contributed by atoms with van der Waals surface area (Å²) in [4.78, 5) is 12.5. The molecule has 0 aliphatic rings. The molecule has 4 rings (SSSR count). The van der Waals surface area contributed by atoms with Gasteiger partial charge < -0.3 is 5.32 Å². The normalized spacial score (nSPS) is 10.7. The Morgan fingerprint density at radius 2 is 1.60 bits per heavy atom. The average Bonchev–Trinajstić information content (AvgIpc) is 3.19. The molecule has 0 unspecified atom stereocenters. The molecule has 0 bridgehead atoms. The van der Waals surface area contributed by atoms with E-state index in [9.17, 15) is 4.79 Å². The number of carbonyl (C=O) groups excluding carboxylic acids is 1. The van der Waals surface area contributed by atoms with Gasteiger partial charge >= 0.3 is 0 Å². The van der Waals surface area contributed by atoms with Gasteiger partial charge in [-0.2, -0.15) is 0 Å². The predicted molar refractivity (Wildman–Crippen MR) is 122 cm³/mol. The number of para-hydroxylation sites is 2. The van der Waals surface area contributed by atoms with Crippen molar-refractivity contribution in [3.63, 3.8) is 0 Å². The summed E-state index contributed by atoms with van der Waals surface area (Å²) in [5, 5.41) is 12.5. The predicted octanol–water partition coefficient (Wildman–Crippen LogP) is 5.28. The fraction of sp³-hybridized carbons (Fsp3) is 0.125. The van der Waals surface area contributed by atoms with Crippen LogP contribution in [0.25, 0.3) is 17.1 Å². The third-order valence-corrected chi connectivity index (χ3v) is 5.64. The van der Waals surface area contributed by atoms with E-state index in [1.807, 2.05) is 78.2 Å². The molecule has 150 valence electrons. The molecule has 6 heteroatoms. The fourth-order valence-electron chi connectivity index (χ4n) is 3.09. The molecule has 1 aromatic heterocycles. The highest BCUT2D eigenvalue weighted by Crippen LogP contribution is 2.28. The first-order chi connectivity index (χ1) is 14.6. The van der Waals surface area contributed by atoms with E-state index in [1.54, 1.807) is 0 Å². The molecule has 1 heterocycles. The van der Waals surface area contributed by atoms with Crippen molar-refractivity contribution in [2.45, 2.75) is 19.0 Å². The molecule has 1 N–H and O–H groups in total. The van der Waals surface area contributed by atoms with Crippen LogP contribution in [0.1, 0.15) is 11.1 Å². The Labute approximate surface area is 180 Å². The molecule has 0 fully saturated rings. The van der Waals surface area contributed by atoms with Crippen LogP contribution < -0.4 is 5.32 Å². The van der Waals surface area contributed by atoms with Crippen molar-refractivity contribution >= 4 is 23.4 Å². The number of carbonyl (C=O) groups is 1. The molecule has 4 aromatic rings. The lowest BCUT2D eigenvalue weighted by atomic mass is 10.1. The molecule has 0 radical (unpaired) electrons. The van der Waals surface area contributed by atoms with Crippen molar-refractivity contribution in [2.24, 2.45) is 0 Å². The minimum atomic E-state index is -0.0752. The third-order valence-electron chi connectivity index (χ3n) is 4.71. The number of benzene rings is 3. The standard InChI is InChI=1S/C24H22N4OS/c1-17-12-14-19(15-13-17)23-26-27-24(28(23)20-9-4-3-5-10-20)30-16-22(29)25-21-11-7-6-8-18(21)2/h3-15H,16H2,1-2H3,(H,25,29). The van der Waals surface area contributed by atoms with E-state index in [0.717, 1.165) is 28.3 Å². The number of hydrogen-bond donors (Lipinski definition) is 1. The van der Waals surface area contributed by atoms with Gasteiger partial charge in [-0.1, -0.05) is 78.0 Å². The molecule has 5 nitrogen and oxygen atoms in total. The molecule has 3 aromatic carbocycles. The summed E-state index contributed by atoms with van der Waals surface area (Å²) in [6, 6.07) is 25.9. The van der Waals surface area contributed by atoms with Gasteiger partial charge in [0.05, 0.1) is 5.75 Å². The second kappa shape index (κ2) is 8.97. The minimum absolute atomic E-state index is 0.0752. The van der Waals surface area contributed by atoms with Gasteiger partial charge in [0.15, 0.2) is 11.0 Å². The van der Waals surface area contributed by atoms with Gasteiger partial charge in [-0.15, -0.1) is 10.2 Å². The quantitative estimate of drug-likeness (QED) is 0.436. The first-order valence-corrected chi connectivity index (χ1v) is 10.7. The molecule has 0 spiro atoms. The number of nitrogens with zero attached hydrogens (tertiary/aromatic N) is 3. The second-order valence-corrected chi connectivity index (χ2v) is 7.94. The second-order valence-electron chi connectivity index (χ2n) is 6.99. The molecule has 1 amide bonds. The SMILES string of the molecule is Cc1ccc(-c2nnc(SCC(=O)Nc3ccccc3C)n2-c2ccccc2)cc1. The zero-order chi connectivity index (χ0) is 20.9. The number of aryl methyl sites for hydroxylation is 2. The lowest BCUT2D eigenvalue weighted by Gasteiger charge is -2.11. The largest absolute Gasteiger partial charge is 0.325 e. The van der Waals surface area contributed by atoms with Crippen LogP contribution in [0.5, 0.6) is 0 Å². The molecule has 0 saturated heterocycles. The minimum Gasteiger partial charge on any atom is -0.325 e. The first-order valence-electron chi connectivity index (χ1n) is 9.68. The van der Waals surface area contributed by atoms with Crippen molar-refractivity contribution in [3.05, 3.63) is 90.0 Å². The maximum absolute atomic E-state index is 12.5. The Bertz CT molecular complexity index is 1150. The lowest BCUT2D eigenvalue weighted by molar-refractivity contribution is -0.113. The van der Waals surface area contributed by atoms with E-state index in [0.29, 0.717) is 5.16 Å². The zero-order valence-electron chi connectivity index (χ0n) is 16.9. The highest BCUT2D eigenvalue weighted by atomic mass is 32.2. The Hall–Kier alpha value is -3.38. The van der Waals surface area contributed by atoms with Crippen LogP contribution in [0.15, 0.2) is 84.0 Å². The van der Waals surface area contributed by atoms with Gasteiger partial charge in [0.25, 0.3) is 0 Å². The number of thioether (sulfide) groups is 1. The summed E-state index contributed by atoms with van der Waals surface area (Å²) < 4.78 is 2.00. The van der Waals surface area contributed by atoms with Crippen LogP contribution >= 0.6 is 11.8 Å². The lowest BCUT2D eigenvalue weighted by Crippen LogP contribution is -2.15. The summed E-state index contributed by atoms with van der Waals surface area (Å²) in [5.41, 5.74) is 4.98. The van der Waals surface area contributed by atoms with Crippen LogP contribution in [0.2, 0.25) is 0 Å². The van der Waals surface area contributed by atoms with E-state index < -0.39 is 0 Å². The summed E-state index contributed by atoms with van der Waals surface area (Å²) in [7, 11) is 0. The highest BCUT2D eigenvalue weighted by Gasteiger charge is 2.17. The number of rotatable bonds is 6. The number of amides is 1. The van der Waals surface area contributed by atoms with E-state index in [-0.39, 0.29) is 11.7 Å².